The zero-order chi connectivity index (χ0) is 12.0. The SMILES string of the molecule is CCCCCNc1cc(C(=O)O)ccc1N. The zero-order valence-electron chi connectivity index (χ0n) is 9.49. The van der Waals surface area contributed by atoms with Crippen LogP contribution < -0.4 is 11.1 Å². The van der Waals surface area contributed by atoms with Crippen molar-refractivity contribution in [3.05, 3.63) is 23.8 Å². The molecule has 4 N–H and O–H groups in total. The molecule has 0 amide bonds. The second kappa shape index (κ2) is 6.00. The fourth-order valence-corrected chi connectivity index (χ4v) is 1.44. The molecule has 0 aliphatic heterocycles. The second-order valence-electron chi connectivity index (χ2n) is 3.74. The highest BCUT2D eigenvalue weighted by Gasteiger charge is 2.05. The number of aromatic carboxylic acids is 1. The summed E-state index contributed by atoms with van der Waals surface area (Å²) in [4.78, 5) is 10.8. The Bertz CT molecular complexity index is 364. The average Bonchev–Trinajstić information content (AvgIpc) is 2.26. The van der Waals surface area contributed by atoms with Crippen molar-refractivity contribution in [1.82, 2.24) is 0 Å². The fraction of sp³-hybridized carbons (Fsp3) is 0.417. The molecule has 4 nitrogen and oxygen atoms in total. The van der Waals surface area contributed by atoms with Crippen molar-refractivity contribution in [2.24, 2.45) is 0 Å². The standard InChI is InChI=1S/C12H18N2O2/c1-2-3-4-7-14-11-8-9(12(15)16)5-6-10(11)13/h5-6,8,14H,2-4,7,13H2,1H3,(H,15,16). The molecule has 0 aliphatic rings. The first-order valence-electron chi connectivity index (χ1n) is 5.52. The van der Waals surface area contributed by atoms with Crippen LogP contribution in [0.2, 0.25) is 0 Å². The van der Waals surface area contributed by atoms with E-state index >= 15 is 0 Å². The lowest BCUT2D eigenvalue weighted by Crippen LogP contribution is -2.06. The summed E-state index contributed by atoms with van der Waals surface area (Å²) in [5.74, 6) is -0.934. The number of hydrogen-bond donors (Lipinski definition) is 3. The number of unbranched alkanes of at least 4 members (excludes halogenated alkanes) is 2. The number of benzene rings is 1. The molecule has 1 aromatic carbocycles. The molecular weight excluding hydrogens is 204 g/mol. The summed E-state index contributed by atoms with van der Waals surface area (Å²) >= 11 is 0. The van der Waals surface area contributed by atoms with Gasteiger partial charge in [-0.15, -0.1) is 0 Å². The second-order valence-corrected chi connectivity index (χ2v) is 3.74. The van der Waals surface area contributed by atoms with Gasteiger partial charge in [-0.3, -0.25) is 0 Å². The Morgan fingerprint density at radius 3 is 2.81 bits per heavy atom. The molecule has 0 unspecified atom stereocenters. The molecular formula is C12H18N2O2. The van der Waals surface area contributed by atoms with Crippen LogP contribution in [0.5, 0.6) is 0 Å². The lowest BCUT2D eigenvalue weighted by molar-refractivity contribution is 0.0697. The number of anilines is 2. The predicted molar refractivity (Wildman–Crippen MR) is 65.8 cm³/mol. The Balaban J connectivity index is 2.63. The van der Waals surface area contributed by atoms with Crippen LogP contribution in [0, 0.1) is 0 Å². The van der Waals surface area contributed by atoms with Crippen LogP contribution in [0.15, 0.2) is 18.2 Å². The minimum atomic E-state index is -0.934. The highest BCUT2D eigenvalue weighted by molar-refractivity contribution is 5.90. The summed E-state index contributed by atoms with van der Waals surface area (Å²) in [7, 11) is 0. The number of carboxylic acid groups (broad SMARTS) is 1. The van der Waals surface area contributed by atoms with Gasteiger partial charge in [0.05, 0.1) is 16.9 Å². The molecule has 0 spiro atoms. The van der Waals surface area contributed by atoms with Gasteiger partial charge in [-0.05, 0) is 24.6 Å². The summed E-state index contributed by atoms with van der Waals surface area (Å²) in [6, 6.07) is 4.70. The molecule has 0 radical (unpaired) electrons. The first kappa shape index (κ1) is 12.4. The van der Waals surface area contributed by atoms with E-state index < -0.39 is 5.97 Å². The van der Waals surface area contributed by atoms with Gasteiger partial charge in [0.1, 0.15) is 0 Å². The number of nitrogens with two attached hydrogens (primary N) is 1. The van der Waals surface area contributed by atoms with Gasteiger partial charge >= 0.3 is 5.97 Å². The van der Waals surface area contributed by atoms with Crippen molar-refractivity contribution in [3.63, 3.8) is 0 Å². The van der Waals surface area contributed by atoms with Crippen LogP contribution in [0.4, 0.5) is 11.4 Å². The molecule has 0 saturated heterocycles. The number of rotatable bonds is 6. The van der Waals surface area contributed by atoms with E-state index in [-0.39, 0.29) is 5.56 Å². The number of nitrogens with one attached hydrogen (secondary N) is 1. The Kier molecular flexibility index (Phi) is 4.64. The smallest absolute Gasteiger partial charge is 0.335 e. The first-order chi connectivity index (χ1) is 7.65. The summed E-state index contributed by atoms with van der Waals surface area (Å²) in [6.45, 7) is 2.96. The van der Waals surface area contributed by atoms with E-state index in [0.29, 0.717) is 11.4 Å². The third-order valence-corrected chi connectivity index (χ3v) is 2.40. The monoisotopic (exact) mass is 222 g/mol. The first-order valence-corrected chi connectivity index (χ1v) is 5.52. The van der Waals surface area contributed by atoms with Gasteiger partial charge in [0.25, 0.3) is 0 Å². The minimum absolute atomic E-state index is 0.257. The lowest BCUT2D eigenvalue weighted by Gasteiger charge is -2.09. The number of carboxylic acids is 1. The van der Waals surface area contributed by atoms with Crippen molar-refractivity contribution >= 4 is 17.3 Å². The van der Waals surface area contributed by atoms with E-state index in [4.69, 9.17) is 10.8 Å². The van der Waals surface area contributed by atoms with Crippen LogP contribution >= 0.6 is 0 Å². The largest absolute Gasteiger partial charge is 0.478 e. The summed E-state index contributed by atoms with van der Waals surface area (Å²) in [6.07, 6.45) is 3.38. The molecule has 1 aromatic rings. The Morgan fingerprint density at radius 2 is 2.19 bits per heavy atom. The van der Waals surface area contributed by atoms with Gasteiger partial charge < -0.3 is 16.2 Å². The molecule has 0 aromatic heterocycles. The average molecular weight is 222 g/mol. The highest BCUT2D eigenvalue weighted by atomic mass is 16.4. The van der Waals surface area contributed by atoms with Gasteiger partial charge in [-0.2, -0.15) is 0 Å². The van der Waals surface area contributed by atoms with Crippen LogP contribution in [-0.4, -0.2) is 17.6 Å². The van der Waals surface area contributed by atoms with Crippen molar-refractivity contribution in [2.75, 3.05) is 17.6 Å². The van der Waals surface area contributed by atoms with Crippen molar-refractivity contribution in [1.29, 1.82) is 0 Å². The summed E-state index contributed by atoms with van der Waals surface area (Å²) in [5, 5.41) is 12.0. The minimum Gasteiger partial charge on any atom is -0.478 e. The molecule has 0 fully saturated rings. The molecule has 0 aliphatic carbocycles. The number of hydrogen-bond acceptors (Lipinski definition) is 3. The van der Waals surface area contributed by atoms with E-state index in [1.807, 2.05) is 0 Å². The molecule has 88 valence electrons. The Labute approximate surface area is 95.5 Å². The molecule has 0 atom stereocenters. The van der Waals surface area contributed by atoms with Crippen LogP contribution in [0.3, 0.4) is 0 Å². The molecule has 16 heavy (non-hydrogen) atoms. The zero-order valence-corrected chi connectivity index (χ0v) is 9.49. The van der Waals surface area contributed by atoms with E-state index in [9.17, 15) is 4.79 Å². The van der Waals surface area contributed by atoms with Crippen LogP contribution in [0.1, 0.15) is 36.5 Å². The quantitative estimate of drug-likeness (QED) is 0.510. The van der Waals surface area contributed by atoms with Crippen LogP contribution in [0.25, 0.3) is 0 Å². The normalized spacial score (nSPS) is 10.1. The highest BCUT2D eigenvalue weighted by Crippen LogP contribution is 2.20. The van der Waals surface area contributed by atoms with Crippen molar-refractivity contribution < 1.29 is 9.90 Å². The van der Waals surface area contributed by atoms with Gasteiger partial charge in [-0.1, -0.05) is 19.8 Å². The Hall–Kier alpha value is -1.71. The fourth-order valence-electron chi connectivity index (χ4n) is 1.44. The third kappa shape index (κ3) is 3.46. The van der Waals surface area contributed by atoms with Gasteiger partial charge in [0, 0.05) is 6.54 Å². The maximum atomic E-state index is 10.8. The Morgan fingerprint density at radius 1 is 1.44 bits per heavy atom. The molecule has 4 heteroatoms. The predicted octanol–water partition coefficient (Wildman–Crippen LogP) is 2.57. The number of carbonyl (C=O) groups is 1. The summed E-state index contributed by atoms with van der Waals surface area (Å²) < 4.78 is 0. The summed E-state index contributed by atoms with van der Waals surface area (Å²) in [5.41, 5.74) is 7.29. The molecule has 1 rings (SSSR count). The molecule has 0 bridgehead atoms. The van der Waals surface area contributed by atoms with E-state index in [1.165, 1.54) is 6.07 Å². The molecule has 0 saturated carbocycles. The maximum Gasteiger partial charge on any atom is 0.335 e. The van der Waals surface area contributed by atoms with Crippen molar-refractivity contribution in [3.8, 4) is 0 Å². The molecule has 0 heterocycles. The maximum absolute atomic E-state index is 10.8. The van der Waals surface area contributed by atoms with Gasteiger partial charge in [0.15, 0.2) is 0 Å². The lowest BCUT2D eigenvalue weighted by atomic mass is 10.1. The third-order valence-electron chi connectivity index (χ3n) is 2.40. The van der Waals surface area contributed by atoms with Crippen LogP contribution in [-0.2, 0) is 0 Å². The topological polar surface area (TPSA) is 75.3 Å². The van der Waals surface area contributed by atoms with E-state index in [1.54, 1.807) is 12.1 Å². The van der Waals surface area contributed by atoms with Gasteiger partial charge in [0.2, 0.25) is 0 Å². The van der Waals surface area contributed by atoms with Gasteiger partial charge in [-0.25, -0.2) is 4.79 Å². The van der Waals surface area contributed by atoms with E-state index in [0.717, 1.165) is 25.8 Å². The number of nitrogen functional groups attached to an aromatic ring is 1. The van der Waals surface area contributed by atoms with E-state index in [2.05, 4.69) is 12.2 Å². The van der Waals surface area contributed by atoms with Crippen molar-refractivity contribution in [2.45, 2.75) is 26.2 Å².